The number of ether oxygens (including phenoxy) is 2. The van der Waals surface area contributed by atoms with Gasteiger partial charge in [0.15, 0.2) is 5.75 Å². The Morgan fingerprint density at radius 3 is 2.42 bits per heavy atom. The van der Waals surface area contributed by atoms with E-state index < -0.39 is 38.0 Å². The van der Waals surface area contributed by atoms with Gasteiger partial charge >= 0.3 is 26.4 Å². The molecule has 17 heteroatoms. The summed E-state index contributed by atoms with van der Waals surface area (Å²) in [5.74, 6) is -0.538. The van der Waals surface area contributed by atoms with Crippen LogP contribution in [0.3, 0.4) is 0 Å². The van der Waals surface area contributed by atoms with Gasteiger partial charge < -0.3 is 29.3 Å². The maximum atomic E-state index is 12.4. The number of nitro groups is 1. The van der Waals surface area contributed by atoms with E-state index in [4.69, 9.17) is 9.47 Å². The lowest BCUT2D eigenvalue weighted by Gasteiger charge is -2.21. The van der Waals surface area contributed by atoms with Crippen LogP contribution in [0, 0.1) is 10.1 Å². The van der Waals surface area contributed by atoms with Crippen molar-refractivity contribution in [3.05, 3.63) is 94.0 Å². The average molecular weight is 726 g/mol. The number of hydrogen-bond acceptors (Lipinski definition) is 10. The summed E-state index contributed by atoms with van der Waals surface area (Å²) in [5.41, 5.74) is 3.44. The van der Waals surface area contributed by atoms with Gasteiger partial charge in [-0.25, -0.2) is 5.43 Å². The first-order valence-corrected chi connectivity index (χ1v) is 18.2. The maximum absolute atomic E-state index is 12.4. The Kier molecular flexibility index (Phi) is 11.5. The van der Waals surface area contributed by atoms with Crippen LogP contribution in [0.5, 0.6) is 5.75 Å². The van der Waals surface area contributed by atoms with Gasteiger partial charge in [-0.15, -0.1) is 0 Å². The molecule has 262 valence electrons. The van der Waals surface area contributed by atoms with E-state index in [0.717, 1.165) is 32.5 Å². The lowest BCUT2D eigenvalue weighted by atomic mass is 9.92. The highest BCUT2D eigenvalue weighted by atomic mass is 31.2. The molecule has 0 radical (unpaired) electrons. The molecule has 0 aliphatic rings. The van der Waals surface area contributed by atoms with Crippen LogP contribution in [0.1, 0.15) is 24.0 Å². The van der Waals surface area contributed by atoms with Crippen LogP contribution < -0.4 is 10.2 Å². The first kappa shape index (κ1) is 36.8. The van der Waals surface area contributed by atoms with E-state index in [1.807, 2.05) is 18.2 Å². The van der Waals surface area contributed by atoms with Gasteiger partial charge in [-0.05, 0) is 73.6 Å². The second-order valence-corrected chi connectivity index (χ2v) is 15.2. The minimum atomic E-state index is -5.27. The van der Waals surface area contributed by atoms with Crippen molar-refractivity contribution in [2.75, 3.05) is 33.4 Å². The number of benzene rings is 5. The summed E-state index contributed by atoms with van der Waals surface area (Å²) < 4.78 is 34.2. The zero-order chi connectivity index (χ0) is 36.1. The molecule has 0 bridgehead atoms. The molecule has 0 aliphatic carbocycles. The van der Waals surface area contributed by atoms with Crippen LogP contribution >= 0.6 is 15.6 Å². The summed E-state index contributed by atoms with van der Waals surface area (Å²) in [6.45, 7) is 0.136. The third kappa shape index (κ3) is 8.29. The van der Waals surface area contributed by atoms with E-state index in [-0.39, 0.29) is 44.3 Å². The van der Waals surface area contributed by atoms with Crippen LogP contribution in [0.4, 0.5) is 5.69 Å². The summed E-state index contributed by atoms with van der Waals surface area (Å²) in [6, 6.07) is 22.7. The van der Waals surface area contributed by atoms with E-state index in [1.165, 1.54) is 29.8 Å². The Hall–Kier alpha value is -4.43. The summed E-state index contributed by atoms with van der Waals surface area (Å²) in [7, 11) is -7.28. The van der Waals surface area contributed by atoms with Gasteiger partial charge in [0.05, 0.1) is 30.8 Å². The molecule has 2 unspecified atom stereocenters. The van der Waals surface area contributed by atoms with Crippen molar-refractivity contribution in [3.8, 4) is 5.75 Å². The van der Waals surface area contributed by atoms with Crippen LogP contribution in [0.25, 0.3) is 32.3 Å². The van der Waals surface area contributed by atoms with Crippen LogP contribution in [-0.4, -0.2) is 80.2 Å². The molecule has 0 aliphatic heterocycles. The molecule has 5 N–H and O–H groups in total. The van der Waals surface area contributed by atoms with Gasteiger partial charge in [0.25, 0.3) is 5.91 Å². The van der Waals surface area contributed by atoms with Crippen molar-refractivity contribution in [3.63, 3.8) is 0 Å². The predicted octanol–water partition coefficient (Wildman–Crippen LogP) is 4.81. The largest absolute Gasteiger partial charge is 0.554 e. The number of hydrogen-bond donors (Lipinski definition) is 5. The average Bonchev–Trinajstić information content (AvgIpc) is 3.07. The molecule has 15 nitrogen and oxygen atoms in total. The van der Waals surface area contributed by atoms with Gasteiger partial charge in [0.2, 0.25) is 0 Å². The fraction of sp³-hybridized carbons (Fsp3) is 0.273. The zero-order valence-corrected chi connectivity index (χ0v) is 28.6. The van der Waals surface area contributed by atoms with Gasteiger partial charge in [-0.3, -0.25) is 19.5 Å². The van der Waals surface area contributed by atoms with E-state index in [2.05, 4.69) is 46.9 Å². The number of rotatable bonds is 17. The third-order valence-corrected chi connectivity index (χ3v) is 11.5. The zero-order valence-electron chi connectivity index (χ0n) is 26.8. The Balaban J connectivity index is 1.11. The Morgan fingerprint density at radius 2 is 1.74 bits per heavy atom. The highest BCUT2D eigenvalue weighted by Gasteiger charge is 2.62. The summed E-state index contributed by atoms with van der Waals surface area (Å²) in [4.78, 5) is 52.7. The molecule has 5 aromatic rings. The van der Waals surface area contributed by atoms with E-state index in [1.54, 1.807) is 11.9 Å². The molecule has 50 heavy (non-hydrogen) atoms. The van der Waals surface area contributed by atoms with Gasteiger partial charge in [0.1, 0.15) is 6.61 Å². The number of carbonyl (C=O) groups is 1. The molecule has 0 aromatic heterocycles. The molecule has 0 fully saturated rings. The molecule has 0 saturated heterocycles. The number of nitrogens with zero attached hydrogens (tertiary/aromatic N) is 3. The van der Waals surface area contributed by atoms with Crippen molar-refractivity contribution < 1.29 is 48.1 Å². The fourth-order valence-corrected chi connectivity index (χ4v) is 7.16. The summed E-state index contributed by atoms with van der Waals surface area (Å²) >= 11 is 0. The monoisotopic (exact) mass is 725 g/mol. The molecule has 5 aromatic carbocycles. The number of nitro benzene ring substituents is 1. The van der Waals surface area contributed by atoms with Crippen molar-refractivity contribution in [1.29, 1.82) is 0 Å². The van der Waals surface area contributed by atoms with Crippen molar-refractivity contribution in [2.24, 2.45) is 5.10 Å². The molecule has 0 saturated carbocycles. The topological polar surface area (TPSA) is 221 Å². The second-order valence-electron chi connectivity index (χ2n) is 11.7. The number of hydrazone groups is 1. The Bertz CT molecular complexity index is 2110. The standard InChI is InChI=1S/C33H34N4O11P2/c1-36(16-14-33(39,49(42)43)50(44,45)46)15-3-17-48-29-18-22(6-13-28(29)37(40)41)19-34-35-30(38)21-47-20-26-10-9-25-8-7-23-4-2-5-24-11-12-27(26)32(25)31(23)24/h2,4-13,18-19,39H,3,14-17,20-21H2,1H3,(H3-,35,38,42,43,44,45,46)/p+1/b34-19+. The molecule has 1 amide bonds. The van der Waals surface area contributed by atoms with Gasteiger partial charge in [-0.2, -0.15) is 9.99 Å². The first-order chi connectivity index (χ1) is 23.8. The van der Waals surface area contributed by atoms with Crippen LogP contribution in [0.2, 0.25) is 0 Å². The van der Waals surface area contributed by atoms with Crippen LogP contribution in [0.15, 0.2) is 77.9 Å². The second kappa shape index (κ2) is 15.6. The SMILES string of the molecule is CN(CCCOc1cc(/C=N/NC(=O)COCc2ccc3ccc4cccc5ccc2c3c45)ccc1[N+](=O)[O-])CCC(O)([P+](=O)O)P(=O)(O)O. The quantitative estimate of drug-likeness (QED) is 0.0218. The molecule has 5 rings (SSSR count). The number of carbonyl (C=O) groups excluding carboxylic acids is 1. The van der Waals surface area contributed by atoms with E-state index >= 15 is 0 Å². The minimum absolute atomic E-state index is 0.0168. The van der Waals surface area contributed by atoms with Gasteiger partial charge in [0, 0.05) is 19.2 Å². The van der Waals surface area contributed by atoms with Crippen molar-refractivity contribution in [2.45, 2.75) is 24.5 Å². The normalized spacial score (nSPS) is 13.8. The molecular weight excluding hydrogens is 690 g/mol. The third-order valence-electron chi connectivity index (χ3n) is 8.24. The highest BCUT2D eigenvalue weighted by Crippen LogP contribution is 2.61. The first-order valence-electron chi connectivity index (χ1n) is 15.4. The fourth-order valence-electron chi connectivity index (χ4n) is 5.59. The summed E-state index contributed by atoms with van der Waals surface area (Å²) in [5, 5.41) is 29.2. The molecule has 2 atom stereocenters. The van der Waals surface area contributed by atoms with Gasteiger partial charge in [-0.1, -0.05) is 54.6 Å². The predicted molar refractivity (Wildman–Crippen MR) is 188 cm³/mol. The Labute approximate surface area is 286 Å². The van der Waals surface area contributed by atoms with Crippen LogP contribution in [-0.2, 0) is 25.3 Å². The Morgan fingerprint density at radius 1 is 1.06 bits per heavy atom. The molecule has 0 heterocycles. The van der Waals surface area contributed by atoms with Crippen molar-refractivity contribution >= 4 is 65.8 Å². The smallest absolute Gasteiger partial charge is 0.487 e. The number of amides is 1. The summed E-state index contributed by atoms with van der Waals surface area (Å²) in [6.07, 6.45) is 0.963. The van der Waals surface area contributed by atoms with Crippen molar-refractivity contribution in [1.82, 2.24) is 10.3 Å². The lowest BCUT2D eigenvalue weighted by molar-refractivity contribution is -0.385. The lowest BCUT2D eigenvalue weighted by Crippen LogP contribution is -2.31. The molecule has 0 spiro atoms. The highest BCUT2D eigenvalue weighted by molar-refractivity contribution is 7.66. The number of nitrogens with one attached hydrogen (secondary N) is 1. The maximum Gasteiger partial charge on any atom is 0.554 e. The minimum Gasteiger partial charge on any atom is -0.487 e. The van der Waals surface area contributed by atoms with E-state index in [0.29, 0.717) is 12.0 Å². The van der Waals surface area contributed by atoms with E-state index in [9.17, 15) is 43.8 Å². The molecular formula is C33H35N4O11P2+. The number of aliphatic hydroxyl groups is 1.